The second-order valence-corrected chi connectivity index (χ2v) is 3.73. The zero-order valence-electron chi connectivity index (χ0n) is 13.3. The molecule has 0 aromatic heterocycles. The predicted octanol–water partition coefficient (Wildman–Crippen LogP) is -8.96. The first-order chi connectivity index (χ1) is 10.9. The van der Waals surface area contributed by atoms with Gasteiger partial charge in [-0.15, -0.1) is 0 Å². The van der Waals surface area contributed by atoms with E-state index in [1.807, 2.05) is 0 Å². The van der Waals surface area contributed by atoms with Gasteiger partial charge in [-0.2, -0.15) is 0 Å². The van der Waals surface area contributed by atoms with Gasteiger partial charge in [0.1, 0.15) is 0 Å². The van der Waals surface area contributed by atoms with Crippen molar-refractivity contribution in [3.63, 3.8) is 0 Å². The molecule has 0 unspecified atom stereocenters. The van der Waals surface area contributed by atoms with Crippen molar-refractivity contribution < 1.29 is 59.4 Å². The minimum absolute atomic E-state index is 0. The van der Waals surface area contributed by atoms with Crippen LogP contribution in [0.4, 0.5) is 0 Å². The van der Waals surface area contributed by atoms with Crippen LogP contribution in [0.25, 0.3) is 0 Å². The maximum atomic E-state index is 9.50. The summed E-state index contributed by atoms with van der Waals surface area (Å²) in [4.78, 5) is 57.0. The van der Waals surface area contributed by atoms with Crippen molar-refractivity contribution in [1.29, 1.82) is 0 Å². The van der Waals surface area contributed by atoms with Crippen molar-refractivity contribution in [3.8, 4) is 0 Å². The third-order valence-corrected chi connectivity index (χ3v) is 1.60. The van der Waals surface area contributed by atoms with Crippen LogP contribution in [-0.2, 0) is 28.8 Å². The number of carboxylic acid groups (broad SMARTS) is 6. The molecule has 0 bridgehead atoms. The van der Waals surface area contributed by atoms with Crippen LogP contribution in [0.5, 0.6) is 0 Å². The van der Waals surface area contributed by atoms with E-state index in [2.05, 4.69) is 0 Å². The summed E-state index contributed by atoms with van der Waals surface area (Å²) in [5, 5.41) is 57.0. The van der Waals surface area contributed by atoms with Crippen LogP contribution < -0.4 is 30.6 Å². The number of hydrogen-bond donors (Lipinski definition) is 0. The molecule has 0 aromatic rings. The van der Waals surface area contributed by atoms with Crippen molar-refractivity contribution in [2.75, 3.05) is 0 Å². The Hall–Kier alpha value is -2.12. The molecule has 0 fully saturated rings. The molecular weight excluding hydrogens is 390 g/mol. The Morgan fingerprint density at radius 1 is 0.346 bits per heavy atom. The molecule has 12 nitrogen and oxygen atoms in total. The zero-order chi connectivity index (χ0) is 19.7. The molecule has 0 N–H and O–H groups in total. The molecule has 0 aliphatic heterocycles. The van der Waals surface area contributed by atoms with E-state index in [-0.39, 0.29) is 34.7 Å². The van der Waals surface area contributed by atoms with Gasteiger partial charge < -0.3 is 59.4 Å². The standard InChI is InChI=1S/3C4H6O4.2Al/c3*5-3(6)1-2-4(7)8;;/h3*1-2H2,(H,5,6)(H,7,8);;/q;;;2*+3/p-6. The van der Waals surface area contributed by atoms with Gasteiger partial charge in [-0.05, 0) is 38.5 Å². The Bertz CT molecular complexity index is 355. The van der Waals surface area contributed by atoms with Gasteiger partial charge in [0, 0.05) is 35.8 Å². The average molecular weight is 402 g/mol. The van der Waals surface area contributed by atoms with Gasteiger partial charge >= 0.3 is 34.7 Å². The van der Waals surface area contributed by atoms with E-state index in [4.69, 9.17) is 0 Å². The SMILES string of the molecule is O=C([O-])CCC(=O)[O-].O=C([O-])CCC(=O)[O-].O=C([O-])CCC(=O)[O-].[Al+3].[Al+3]. The number of carbonyl (C=O) groups excluding carboxylic acids is 6. The fourth-order valence-corrected chi connectivity index (χ4v) is 0.612. The Balaban J connectivity index is -0.0000000817. The number of hydrogen-bond acceptors (Lipinski definition) is 12. The average Bonchev–Trinajstić information content (AvgIpc) is 2.42. The molecule has 26 heavy (non-hydrogen) atoms. The largest absolute Gasteiger partial charge is 3.00 e. The molecule has 0 heterocycles. The van der Waals surface area contributed by atoms with Gasteiger partial charge in [-0.3, -0.25) is 0 Å². The predicted molar refractivity (Wildman–Crippen MR) is 69.3 cm³/mol. The van der Waals surface area contributed by atoms with Crippen molar-refractivity contribution in [2.45, 2.75) is 38.5 Å². The molecule has 14 heteroatoms. The molecule has 0 amide bonds. The number of aliphatic carboxylic acids is 6. The molecule has 0 radical (unpaired) electrons. The third-order valence-electron chi connectivity index (χ3n) is 1.60. The van der Waals surface area contributed by atoms with Crippen LogP contribution >= 0.6 is 0 Å². The summed E-state index contributed by atoms with van der Waals surface area (Å²) >= 11 is 0. The summed E-state index contributed by atoms with van der Waals surface area (Å²) in [5.41, 5.74) is 0. The molecule has 0 aromatic carbocycles. The summed E-state index contributed by atoms with van der Waals surface area (Å²) < 4.78 is 0. The quantitative estimate of drug-likeness (QED) is 0.326. The van der Waals surface area contributed by atoms with Crippen LogP contribution in [0.3, 0.4) is 0 Å². The normalized spacial score (nSPS) is 7.85. The topological polar surface area (TPSA) is 241 Å². The molecule has 138 valence electrons. The Labute approximate surface area is 168 Å². The third kappa shape index (κ3) is 57.5. The van der Waals surface area contributed by atoms with E-state index in [0.717, 1.165) is 0 Å². The van der Waals surface area contributed by atoms with Crippen LogP contribution in [0, 0.1) is 0 Å². The van der Waals surface area contributed by atoms with Gasteiger partial charge in [0.05, 0.1) is 0 Å². The fraction of sp³-hybridized carbons (Fsp3) is 0.500. The molecule has 0 aliphatic carbocycles. The van der Waals surface area contributed by atoms with E-state index in [1.165, 1.54) is 0 Å². The number of carboxylic acids is 6. The molecule has 0 saturated heterocycles. The zero-order valence-corrected chi connectivity index (χ0v) is 15.6. The summed E-state index contributed by atoms with van der Waals surface area (Å²) in [6, 6.07) is 0. The van der Waals surface area contributed by atoms with E-state index in [9.17, 15) is 59.4 Å². The van der Waals surface area contributed by atoms with Crippen LogP contribution in [-0.4, -0.2) is 70.5 Å². The summed E-state index contributed by atoms with van der Waals surface area (Å²) in [7, 11) is 0. The Kier molecular flexibility index (Phi) is 30.9. The van der Waals surface area contributed by atoms with E-state index in [0.29, 0.717) is 0 Å². The van der Waals surface area contributed by atoms with Crippen molar-refractivity contribution >= 4 is 70.5 Å². The van der Waals surface area contributed by atoms with Crippen LogP contribution in [0.2, 0.25) is 0 Å². The number of carbonyl (C=O) groups is 6. The summed E-state index contributed by atoms with van der Waals surface area (Å²) in [6.07, 6.45) is -2.82. The second kappa shape index (κ2) is 22.9. The minimum Gasteiger partial charge on any atom is -0.550 e. The summed E-state index contributed by atoms with van der Waals surface area (Å²) in [5.74, 6) is -8.20. The van der Waals surface area contributed by atoms with Crippen LogP contribution in [0.15, 0.2) is 0 Å². The smallest absolute Gasteiger partial charge is 0.550 e. The van der Waals surface area contributed by atoms with E-state index < -0.39 is 74.3 Å². The van der Waals surface area contributed by atoms with Crippen molar-refractivity contribution in [2.24, 2.45) is 0 Å². The Morgan fingerprint density at radius 2 is 0.423 bits per heavy atom. The van der Waals surface area contributed by atoms with Gasteiger partial charge in [0.2, 0.25) is 0 Å². The molecular formula is C12H12Al2O12. The van der Waals surface area contributed by atoms with Crippen LogP contribution in [0.1, 0.15) is 38.5 Å². The molecule has 0 rings (SSSR count). The van der Waals surface area contributed by atoms with Gasteiger partial charge in [-0.25, -0.2) is 0 Å². The van der Waals surface area contributed by atoms with Crippen molar-refractivity contribution in [1.82, 2.24) is 0 Å². The van der Waals surface area contributed by atoms with Gasteiger partial charge in [0.25, 0.3) is 0 Å². The minimum atomic E-state index is -1.37. The molecule has 0 atom stereocenters. The fourth-order valence-electron chi connectivity index (χ4n) is 0.612. The monoisotopic (exact) mass is 402 g/mol. The first kappa shape index (κ1) is 35.1. The molecule has 0 saturated carbocycles. The van der Waals surface area contributed by atoms with Gasteiger partial charge in [0.15, 0.2) is 0 Å². The maximum Gasteiger partial charge on any atom is 3.00 e. The van der Waals surface area contributed by atoms with E-state index in [1.54, 1.807) is 0 Å². The second-order valence-electron chi connectivity index (χ2n) is 3.73. The molecule has 0 spiro atoms. The number of rotatable bonds is 9. The van der Waals surface area contributed by atoms with E-state index >= 15 is 0 Å². The first-order valence-electron chi connectivity index (χ1n) is 6.07. The van der Waals surface area contributed by atoms with Crippen molar-refractivity contribution in [3.05, 3.63) is 0 Å². The first-order valence-corrected chi connectivity index (χ1v) is 6.07. The maximum absolute atomic E-state index is 9.50. The van der Waals surface area contributed by atoms with Gasteiger partial charge in [-0.1, -0.05) is 0 Å². The molecule has 0 aliphatic rings. The Morgan fingerprint density at radius 3 is 0.462 bits per heavy atom. The summed E-state index contributed by atoms with van der Waals surface area (Å²) in [6.45, 7) is 0.